The van der Waals surface area contributed by atoms with Crippen LogP contribution in [-0.2, 0) is 11.3 Å². The molecule has 3 aromatic rings. The van der Waals surface area contributed by atoms with Crippen LogP contribution in [0.3, 0.4) is 0 Å². The summed E-state index contributed by atoms with van der Waals surface area (Å²) < 4.78 is 16.3. The molecule has 0 bridgehead atoms. The summed E-state index contributed by atoms with van der Waals surface area (Å²) in [6.45, 7) is 1.97. The SMILES string of the molecule is CCOc1cc(/C=C2\SC(=O)N(Cc3c(Cl)cccc3Cl)C2=O)cc(Cl)c1OC(=O)c1ccc(OC)cc1. The number of benzene rings is 3. The molecule has 2 amide bonds. The van der Waals surface area contributed by atoms with Crippen LogP contribution in [0.4, 0.5) is 4.79 Å². The topological polar surface area (TPSA) is 82.1 Å². The summed E-state index contributed by atoms with van der Waals surface area (Å²) in [7, 11) is 1.53. The van der Waals surface area contributed by atoms with E-state index in [2.05, 4.69) is 0 Å². The standard InChI is InChI=1S/C27H20Cl3NO6S/c1-3-36-22-12-15(11-21(30)24(22)37-26(33)16-7-9-17(35-2)10-8-16)13-23-25(32)31(27(34)38-23)14-18-19(28)5-4-6-20(18)29/h4-13H,3,14H2,1-2H3/b23-13-. The highest BCUT2D eigenvalue weighted by atomic mass is 35.5. The van der Waals surface area contributed by atoms with Crippen molar-refractivity contribution in [3.63, 3.8) is 0 Å². The van der Waals surface area contributed by atoms with Gasteiger partial charge in [-0.3, -0.25) is 14.5 Å². The number of rotatable bonds is 8. The van der Waals surface area contributed by atoms with Crippen LogP contribution in [0.2, 0.25) is 15.1 Å². The van der Waals surface area contributed by atoms with Crippen LogP contribution in [0, 0.1) is 0 Å². The Morgan fingerprint density at radius 1 is 1.00 bits per heavy atom. The molecule has 0 saturated carbocycles. The largest absolute Gasteiger partial charge is 0.497 e. The van der Waals surface area contributed by atoms with Gasteiger partial charge in [0, 0.05) is 15.6 Å². The maximum atomic E-state index is 13.0. The Morgan fingerprint density at radius 2 is 1.68 bits per heavy atom. The lowest BCUT2D eigenvalue weighted by Gasteiger charge is -2.15. The van der Waals surface area contributed by atoms with Crippen molar-refractivity contribution in [2.75, 3.05) is 13.7 Å². The number of imide groups is 1. The predicted molar refractivity (Wildman–Crippen MR) is 149 cm³/mol. The van der Waals surface area contributed by atoms with Gasteiger partial charge in [0.1, 0.15) is 5.75 Å². The fourth-order valence-electron chi connectivity index (χ4n) is 3.54. The molecular weight excluding hydrogens is 573 g/mol. The van der Waals surface area contributed by atoms with Crippen molar-refractivity contribution in [2.45, 2.75) is 13.5 Å². The molecule has 4 rings (SSSR count). The molecule has 196 valence electrons. The molecule has 38 heavy (non-hydrogen) atoms. The minimum absolute atomic E-state index is 0.0351. The van der Waals surface area contributed by atoms with E-state index in [0.717, 1.165) is 16.7 Å². The lowest BCUT2D eigenvalue weighted by molar-refractivity contribution is -0.123. The number of carbonyl (C=O) groups excluding carboxylic acids is 3. The monoisotopic (exact) mass is 591 g/mol. The molecule has 1 saturated heterocycles. The van der Waals surface area contributed by atoms with Crippen LogP contribution in [-0.4, -0.2) is 35.7 Å². The third kappa shape index (κ3) is 6.10. The summed E-state index contributed by atoms with van der Waals surface area (Å²) in [5.41, 5.74) is 1.24. The second-order valence-electron chi connectivity index (χ2n) is 7.85. The van der Waals surface area contributed by atoms with Crippen molar-refractivity contribution in [2.24, 2.45) is 0 Å². The Kier molecular flexibility index (Phi) is 8.89. The fraction of sp³-hybridized carbons (Fsp3) is 0.148. The Balaban J connectivity index is 1.59. The van der Waals surface area contributed by atoms with Crippen molar-refractivity contribution < 1.29 is 28.6 Å². The van der Waals surface area contributed by atoms with Crippen molar-refractivity contribution in [1.29, 1.82) is 0 Å². The van der Waals surface area contributed by atoms with Crippen LogP contribution in [0.5, 0.6) is 17.2 Å². The number of carbonyl (C=O) groups is 3. The number of hydrogen-bond acceptors (Lipinski definition) is 7. The zero-order valence-corrected chi connectivity index (χ0v) is 23.2. The summed E-state index contributed by atoms with van der Waals surface area (Å²) >= 11 is 19.7. The van der Waals surface area contributed by atoms with Gasteiger partial charge in [-0.15, -0.1) is 0 Å². The van der Waals surface area contributed by atoms with E-state index in [9.17, 15) is 14.4 Å². The van der Waals surface area contributed by atoms with Gasteiger partial charge in [-0.25, -0.2) is 4.79 Å². The van der Waals surface area contributed by atoms with Gasteiger partial charge in [0.05, 0.1) is 35.8 Å². The molecule has 7 nitrogen and oxygen atoms in total. The molecule has 0 aromatic heterocycles. The van der Waals surface area contributed by atoms with E-state index in [-0.39, 0.29) is 34.6 Å². The summed E-state index contributed by atoms with van der Waals surface area (Å²) in [6, 6.07) is 14.4. The quantitative estimate of drug-likeness (QED) is 0.152. The van der Waals surface area contributed by atoms with Gasteiger partial charge in [-0.2, -0.15) is 0 Å². The van der Waals surface area contributed by atoms with Gasteiger partial charge < -0.3 is 14.2 Å². The molecule has 0 unspecified atom stereocenters. The molecule has 1 fully saturated rings. The Hall–Kier alpha value is -3.17. The Morgan fingerprint density at radius 3 is 2.32 bits per heavy atom. The minimum atomic E-state index is -0.636. The molecule has 0 radical (unpaired) electrons. The highest BCUT2D eigenvalue weighted by molar-refractivity contribution is 8.18. The zero-order chi connectivity index (χ0) is 27.4. The third-order valence-electron chi connectivity index (χ3n) is 5.40. The molecule has 11 heteroatoms. The van der Waals surface area contributed by atoms with E-state index in [1.807, 2.05) is 0 Å². The molecule has 3 aromatic carbocycles. The molecule has 0 atom stereocenters. The maximum absolute atomic E-state index is 13.0. The normalized spacial score (nSPS) is 14.2. The third-order valence-corrected chi connectivity index (χ3v) is 7.30. The second kappa shape index (κ2) is 12.1. The predicted octanol–water partition coefficient (Wildman–Crippen LogP) is 7.51. The van der Waals surface area contributed by atoms with Crippen LogP contribution in [0.15, 0.2) is 59.5 Å². The van der Waals surface area contributed by atoms with Crippen molar-refractivity contribution >= 4 is 69.8 Å². The number of nitrogens with zero attached hydrogens (tertiary/aromatic N) is 1. The molecule has 0 aliphatic carbocycles. The number of thioether (sulfide) groups is 1. The van der Waals surface area contributed by atoms with Crippen LogP contribution in [0.1, 0.15) is 28.4 Å². The summed E-state index contributed by atoms with van der Waals surface area (Å²) in [6.07, 6.45) is 1.52. The second-order valence-corrected chi connectivity index (χ2v) is 10.1. The molecular formula is C27H20Cl3NO6S. The number of amides is 2. The Labute approximate surface area is 238 Å². The highest BCUT2D eigenvalue weighted by Crippen LogP contribution is 2.40. The van der Waals surface area contributed by atoms with E-state index < -0.39 is 17.1 Å². The van der Waals surface area contributed by atoms with Gasteiger partial charge in [0.25, 0.3) is 11.1 Å². The number of ether oxygens (including phenoxy) is 3. The lowest BCUT2D eigenvalue weighted by Crippen LogP contribution is -2.27. The first-order chi connectivity index (χ1) is 18.2. The first-order valence-electron chi connectivity index (χ1n) is 11.2. The number of methoxy groups -OCH3 is 1. The lowest BCUT2D eigenvalue weighted by atomic mass is 10.1. The molecule has 1 aliphatic heterocycles. The van der Waals surface area contributed by atoms with E-state index in [1.54, 1.807) is 55.5 Å². The molecule has 0 spiro atoms. The van der Waals surface area contributed by atoms with E-state index in [0.29, 0.717) is 32.5 Å². The van der Waals surface area contributed by atoms with Gasteiger partial charge >= 0.3 is 5.97 Å². The summed E-state index contributed by atoms with van der Waals surface area (Å²) in [5.74, 6) is -0.302. The maximum Gasteiger partial charge on any atom is 0.343 e. The summed E-state index contributed by atoms with van der Waals surface area (Å²) in [5, 5.41) is 0.339. The average molecular weight is 593 g/mol. The highest BCUT2D eigenvalue weighted by Gasteiger charge is 2.36. The first kappa shape index (κ1) is 27.9. The number of hydrogen-bond donors (Lipinski definition) is 0. The van der Waals surface area contributed by atoms with E-state index in [4.69, 9.17) is 49.0 Å². The van der Waals surface area contributed by atoms with Crippen molar-refractivity contribution in [1.82, 2.24) is 4.90 Å². The Bertz CT molecular complexity index is 1420. The van der Waals surface area contributed by atoms with Crippen LogP contribution in [0.25, 0.3) is 6.08 Å². The van der Waals surface area contributed by atoms with E-state index in [1.165, 1.54) is 19.3 Å². The van der Waals surface area contributed by atoms with Gasteiger partial charge in [0.2, 0.25) is 0 Å². The number of halogens is 3. The average Bonchev–Trinajstić information content (AvgIpc) is 3.15. The van der Waals surface area contributed by atoms with E-state index >= 15 is 0 Å². The van der Waals surface area contributed by atoms with Gasteiger partial charge in [0.15, 0.2) is 11.5 Å². The number of esters is 1. The van der Waals surface area contributed by atoms with Crippen molar-refractivity contribution in [3.05, 3.63) is 91.3 Å². The molecule has 1 heterocycles. The molecule has 0 N–H and O–H groups in total. The van der Waals surface area contributed by atoms with Gasteiger partial charge in [-0.05, 0) is 78.9 Å². The fourth-order valence-corrected chi connectivity index (χ4v) is 5.15. The first-order valence-corrected chi connectivity index (χ1v) is 13.2. The molecule has 1 aliphatic rings. The summed E-state index contributed by atoms with van der Waals surface area (Å²) in [4.78, 5) is 39.6. The zero-order valence-electron chi connectivity index (χ0n) is 20.1. The van der Waals surface area contributed by atoms with Crippen molar-refractivity contribution in [3.8, 4) is 17.2 Å². The smallest absolute Gasteiger partial charge is 0.343 e. The van der Waals surface area contributed by atoms with Gasteiger partial charge in [-0.1, -0.05) is 40.9 Å². The van der Waals surface area contributed by atoms with Crippen LogP contribution >= 0.6 is 46.6 Å². The minimum Gasteiger partial charge on any atom is -0.497 e. The van der Waals surface area contributed by atoms with Crippen LogP contribution < -0.4 is 14.2 Å².